The number of carbonyl (C=O) groups excluding carboxylic acids is 1. The van der Waals surface area contributed by atoms with E-state index in [1.54, 1.807) is 0 Å². The van der Waals surface area contributed by atoms with Gasteiger partial charge in [-0.3, -0.25) is 4.79 Å². The molecule has 1 saturated heterocycles. The van der Waals surface area contributed by atoms with Crippen molar-refractivity contribution in [3.8, 4) is 11.5 Å². The van der Waals surface area contributed by atoms with Crippen molar-refractivity contribution in [2.75, 3.05) is 32.8 Å². The minimum absolute atomic E-state index is 0.145. The molecule has 2 rings (SSSR count). The highest BCUT2D eigenvalue weighted by atomic mass is 79.9. The van der Waals surface area contributed by atoms with Crippen molar-refractivity contribution in [1.29, 1.82) is 0 Å². The van der Waals surface area contributed by atoms with E-state index in [0.717, 1.165) is 29.7 Å². The quantitative estimate of drug-likeness (QED) is 0.818. The summed E-state index contributed by atoms with van der Waals surface area (Å²) in [6.07, 6.45) is 0.359. The Bertz CT molecular complexity index is 551. The van der Waals surface area contributed by atoms with Crippen molar-refractivity contribution >= 4 is 21.8 Å². The Morgan fingerprint density at radius 1 is 1.30 bits per heavy atom. The van der Waals surface area contributed by atoms with Gasteiger partial charge in [0.2, 0.25) is 5.91 Å². The Morgan fingerprint density at radius 2 is 1.96 bits per heavy atom. The maximum atomic E-state index is 12.6. The second kappa shape index (κ2) is 8.55. The normalized spacial score (nSPS) is 17.9. The van der Waals surface area contributed by atoms with Gasteiger partial charge >= 0.3 is 0 Å². The highest BCUT2D eigenvalue weighted by Crippen LogP contribution is 2.34. The van der Waals surface area contributed by atoms with E-state index in [9.17, 15) is 4.79 Å². The predicted octanol–water partition coefficient (Wildman–Crippen LogP) is 2.61. The smallest absolute Gasteiger partial charge is 0.227 e. The van der Waals surface area contributed by atoms with Crippen LogP contribution in [0.1, 0.15) is 26.3 Å². The molecule has 1 amide bonds. The zero-order chi connectivity index (χ0) is 16.8. The monoisotopic (exact) mass is 384 g/mol. The van der Waals surface area contributed by atoms with Gasteiger partial charge in [0.15, 0.2) is 11.5 Å². The van der Waals surface area contributed by atoms with Gasteiger partial charge in [0.1, 0.15) is 0 Å². The van der Waals surface area contributed by atoms with Crippen molar-refractivity contribution in [3.05, 3.63) is 22.2 Å². The van der Waals surface area contributed by atoms with E-state index in [1.165, 1.54) is 0 Å². The molecule has 1 fully saturated rings. The zero-order valence-electron chi connectivity index (χ0n) is 14.0. The fourth-order valence-electron chi connectivity index (χ4n) is 2.73. The summed E-state index contributed by atoms with van der Waals surface area (Å²) < 4.78 is 12.1. The van der Waals surface area contributed by atoms with Gasteiger partial charge in [0.05, 0.1) is 19.6 Å². The number of rotatable bonds is 6. The summed E-state index contributed by atoms with van der Waals surface area (Å²) in [5.41, 5.74) is 0.924. The minimum Gasteiger partial charge on any atom is -0.490 e. The van der Waals surface area contributed by atoms with Gasteiger partial charge in [-0.1, -0.05) is 15.9 Å². The molecule has 0 aromatic heterocycles. The third kappa shape index (κ3) is 4.61. The van der Waals surface area contributed by atoms with Crippen LogP contribution in [-0.2, 0) is 11.2 Å². The first-order valence-corrected chi connectivity index (χ1v) is 8.94. The van der Waals surface area contributed by atoms with Crippen molar-refractivity contribution in [2.45, 2.75) is 33.2 Å². The molecule has 6 heteroatoms. The van der Waals surface area contributed by atoms with Crippen LogP contribution in [0.3, 0.4) is 0 Å². The van der Waals surface area contributed by atoms with Crippen LogP contribution in [0.5, 0.6) is 11.5 Å². The lowest BCUT2D eigenvalue weighted by atomic mass is 10.1. The molecule has 0 aliphatic carbocycles. The molecule has 5 nitrogen and oxygen atoms in total. The summed E-state index contributed by atoms with van der Waals surface area (Å²) in [6, 6.07) is 4.02. The van der Waals surface area contributed by atoms with E-state index in [4.69, 9.17) is 9.47 Å². The van der Waals surface area contributed by atoms with Gasteiger partial charge in [-0.2, -0.15) is 0 Å². The lowest BCUT2D eigenvalue weighted by molar-refractivity contribution is -0.133. The Balaban J connectivity index is 2.18. The van der Waals surface area contributed by atoms with Crippen molar-refractivity contribution in [3.63, 3.8) is 0 Å². The van der Waals surface area contributed by atoms with Crippen LogP contribution in [-0.4, -0.2) is 49.7 Å². The van der Waals surface area contributed by atoms with Gasteiger partial charge in [0, 0.05) is 30.1 Å². The molecule has 1 aromatic carbocycles. The molecular weight excluding hydrogens is 360 g/mol. The molecule has 23 heavy (non-hydrogen) atoms. The van der Waals surface area contributed by atoms with Gasteiger partial charge in [-0.25, -0.2) is 0 Å². The number of halogens is 1. The molecule has 1 N–H and O–H groups in total. The summed E-state index contributed by atoms with van der Waals surface area (Å²) in [5.74, 6) is 1.54. The lowest BCUT2D eigenvalue weighted by Gasteiger charge is -2.34. The predicted molar refractivity (Wildman–Crippen MR) is 94.2 cm³/mol. The fraction of sp³-hybridized carbons (Fsp3) is 0.588. The van der Waals surface area contributed by atoms with E-state index in [2.05, 4.69) is 28.2 Å². The molecule has 0 unspecified atom stereocenters. The van der Waals surface area contributed by atoms with E-state index in [1.807, 2.05) is 30.9 Å². The number of nitrogens with zero attached hydrogens (tertiary/aromatic N) is 1. The number of carbonyl (C=O) groups is 1. The second-order valence-corrected chi connectivity index (χ2v) is 6.43. The second-order valence-electron chi connectivity index (χ2n) is 5.57. The molecule has 0 spiro atoms. The van der Waals surface area contributed by atoms with Crippen molar-refractivity contribution in [1.82, 2.24) is 10.2 Å². The fourth-order valence-corrected chi connectivity index (χ4v) is 3.19. The average Bonchev–Trinajstić information content (AvgIpc) is 2.52. The molecule has 0 saturated carbocycles. The zero-order valence-corrected chi connectivity index (χ0v) is 15.6. The largest absolute Gasteiger partial charge is 0.490 e. The van der Waals surface area contributed by atoms with Crippen LogP contribution in [0.2, 0.25) is 0 Å². The topological polar surface area (TPSA) is 50.8 Å². The molecule has 1 aliphatic heterocycles. The summed E-state index contributed by atoms with van der Waals surface area (Å²) >= 11 is 3.55. The van der Waals surface area contributed by atoms with Gasteiger partial charge < -0.3 is 19.7 Å². The summed E-state index contributed by atoms with van der Waals surface area (Å²) in [5, 5.41) is 3.30. The number of piperazine rings is 1. The Labute approximate surface area is 146 Å². The Hall–Kier alpha value is -1.27. The highest BCUT2D eigenvalue weighted by Gasteiger charge is 2.24. The van der Waals surface area contributed by atoms with Crippen LogP contribution < -0.4 is 14.8 Å². The Morgan fingerprint density at radius 3 is 2.57 bits per heavy atom. The maximum absolute atomic E-state index is 12.6. The summed E-state index contributed by atoms with van der Waals surface area (Å²) in [4.78, 5) is 14.6. The summed E-state index contributed by atoms with van der Waals surface area (Å²) in [7, 11) is 0. The first kappa shape index (κ1) is 18.1. The minimum atomic E-state index is 0.145. The number of benzene rings is 1. The van der Waals surface area contributed by atoms with Gasteiger partial charge in [-0.15, -0.1) is 0 Å². The van der Waals surface area contributed by atoms with Crippen LogP contribution in [0.15, 0.2) is 16.6 Å². The standard InChI is InChI=1S/C17H25BrN2O3/c1-4-22-15-8-13(14(18)10-16(15)23-5-2)9-17(21)20-7-6-19-11-12(20)3/h8,10,12,19H,4-7,9,11H2,1-3H3/t12-/m0/s1. The number of amides is 1. The lowest BCUT2D eigenvalue weighted by Crippen LogP contribution is -2.52. The third-order valence-corrected chi connectivity index (χ3v) is 4.61. The maximum Gasteiger partial charge on any atom is 0.227 e. The van der Waals surface area contributed by atoms with Crippen molar-refractivity contribution < 1.29 is 14.3 Å². The molecule has 1 heterocycles. The third-order valence-electron chi connectivity index (χ3n) is 3.88. The number of hydrogen-bond acceptors (Lipinski definition) is 4. The van der Waals surface area contributed by atoms with Crippen LogP contribution in [0.25, 0.3) is 0 Å². The number of hydrogen-bond donors (Lipinski definition) is 1. The number of nitrogens with one attached hydrogen (secondary N) is 1. The van der Waals surface area contributed by atoms with Gasteiger partial charge in [-0.05, 0) is 38.5 Å². The van der Waals surface area contributed by atoms with E-state index >= 15 is 0 Å². The molecule has 1 atom stereocenters. The van der Waals surface area contributed by atoms with Gasteiger partial charge in [0.25, 0.3) is 0 Å². The molecule has 0 bridgehead atoms. The molecular formula is C17H25BrN2O3. The SMILES string of the molecule is CCOc1cc(Br)c(CC(=O)N2CCNC[C@@H]2C)cc1OCC. The van der Waals surface area contributed by atoms with E-state index in [-0.39, 0.29) is 11.9 Å². The molecule has 128 valence electrons. The highest BCUT2D eigenvalue weighted by molar-refractivity contribution is 9.10. The first-order valence-electron chi connectivity index (χ1n) is 8.15. The van der Waals surface area contributed by atoms with Crippen LogP contribution in [0, 0.1) is 0 Å². The van der Waals surface area contributed by atoms with E-state index < -0.39 is 0 Å². The van der Waals surface area contributed by atoms with Crippen molar-refractivity contribution in [2.24, 2.45) is 0 Å². The van der Waals surface area contributed by atoms with E-state index in [0.29, 0.717) is 31.1 Å². The summed E-state index contributed by atoms with van der Waals surface area (Å²) in [6.45, 7) is 9.53. The average molecular weight is 385 g/mol. The van der Waals surface area contributed by atoms with Crippen LogP contribution >= 0.6 is 15.9 Å². The number of ether oxygens (including phenoxy) is 2. The first-order chi connectivity index (χ1) is 11.1. The molecule has 1 aliphatic rings. The molecule has 1 aromatic rings. The Kier molecular flexibility index (Phi) is 6.72. The van der Waals surface area contributed by atoms with Crippen LogP contribution in [0.4, 0.5) is 0 Å². The molecule has 0 radical (unpaired) electrons.